The van der Waals surface area contributed by atoms with E-state index in [0.29, 0.717) is 29.0 Å². The molecule has 0 saturated carbocycles. The minimum atomic E-state index is -5.67. The van der Waals surface area contributed by atoms with Crippen molar-refractivity contribution in [1.82, 2.24) is 0 Å². The van der Waals surface area contributed by atoms with Crippen LogP contribution in [0.5, 0.6) is 5.75 Å². The molecule has 1 rings (SSSR count). The van der Waals surface area contributed by atoms with Crippen LogP contribution in [0.2, 0.25) is 0 Å². The smallest absolute Gasteiger partial charge is 0.492 e. The standard InChI is InChI=1S/C12H16BrF3O4S2/c1-21(2,20-22(17,18)12(14,15)16)11-7-4-3-6-10(11)19-9-5-8-13/h3-4,6-7H,5,8-9H2,1-2H3. The lowest BCUT2D eigenvalue weighted by molar-refractivity contribution is -0.0496. The summed E-state index contributed by atoms with van der Waals surface area (Å²) >= 11 is 3.24. The Morgan fingerprint density at radius 1 is 1.18 bits per heavy atom. The van der Waals surface area contributed by atoms with Gasteiger partial charge in [-0.3, -0.25) is 0 Å². The summed E-state index contributed by atoms with van der Waals surface area (Å²) < 4.78 is 69.9. The highest BCUT2D eigenvalue weighted by atomic mass is 79.9. The highest BCUT2D eigenvalue weighted by Gasteiger charge is 2.50. The van der Waals surface area contributed by atoms with Crippen LogP contribution in [0.4, 0.5) is 13.2 Å². The van der Waals surface area contributed by atoms with Gasteiger partial charge >= 0.3 is 15.6 Å². The molecule has 0 spiro atoms. The fourth-order valence-electron chi connectivity index (χ4n) is 1.51. The molecule has 4 nitrogen and oxygen atoms in total. The Morgan fingerprint density at radius 3 is 2.32 bits per heavy atom. The number of ether oxygens (including phenoxy) is 1. The lowest BCUT2D eigenvalue weighted by Gasteiger charge is -2.31. The molecular weight excluding hydrogens is 409 g/mol. The van der Waals surface area contributed by atoms with Crippen LogP contribution in [0.3, 0.4) is 0 Å². The number of rotatable bonds is 7. The number of alkyl halides is 4. The molecule has 0 aliphatic carbocycles. The molecule has 0 amide bonds. The molecule has 1 aromatic carbocycles. The SMILES string of the molecule is CS(C)(OS(=O)(=O)C(F)(F)F)c1ccccc1OCCCBr. The maximum Gasteiger partial charge on any atom is 0.523 e. The van der Waals surface area contributed by atoms with Crippen LogP contribution in [0.1, 0.15) is 6.42 Å². The van der Waals surface area contributed by atoms with Crippen LogP contribution >= 0.6 is 26.2 Å². The summed E-state index contributed by atoms with van der Waals surface area (Å²) in [7, 11) is -8.39. The van der Waals surface area contributed by atoms with Crippen LogP contribution in [0, 0.1) is 0 Å². The van der Waals surface area contributed by atoms with Crippen molar-refractivity contribution >= 4 is 36.4 Å². The Kier molecular flexibility index (Phi) is 6.60. The minimum Gasteiger partial charge on any atom is -0.492 e. The van der Waals surface area contributed by atoms with Gasteiger partial charge in [-0.1, -0.05) is 38.4 Å². The predicted molar refractivity (Wildman–Crippen MR) is 84.1 cm³/mol. The summed E-state index contributed by atoms with van der Waals surface area (Å²) in [5, 5.41) is 0.713. The number of hydrogen-bond donors (Lipinski definition) is 0. The van der Waals surface area contributed by atoms with E-state index < -0.39 is 25.9 Å². The molecule has 22 heavy (non-hydrogen) atoms. The third-order valence-corrected chi connectivity index (χ3v) is 7.06. The Bertz CT molecular complexity index is 603. The molecule has 0 radical (unpaired) electrons. The van der Waals surface area contributed by atoms with Crippen LogP contribution in [0.15, 0.2) is 29.2 Å². The highest BCUT2D eigenvalue weighted by Crippen LogP contribution is 2.56. The maximum absolute atomic E-state index is 12.5. The van der Waals surface area contributed by atoms with Crippen molar-refractivity contribution < 1.29 is 30.0 Å². The summed E-state index contributed by atoms with van der Waals surface area (Å²) in [6.45, 7) is 0.351. The summed E-state index contributed by atoms with van der Waals surface area (Å²) in [5.74, 6) is 0.320. The fourth-order valence-corrected chi connectivity index (χ4v) is 5.15. The molecule has 1 aromatic rings. The van der Waals surface area contributed by atoms with E-state index >= 15 is 0 Å². The quantitative estimate of drug-likeness (QED) is 0.376. The highest BCUT2D eigenvalue weighted by molar-refractivity contribution is 9.09. The van der Waals surface area contributed by atoms with Gasteiger partial charge < -0.3 is 4.74 Å². The zero-order valence-electron chi connectivity index (χ0n) is 11.9. The second kappa shape index (κ2) is 7.41. The topological polar surface area (TPSA) is 52.6 Å². The van der Waals surface area contributed by atoms with Gasteiger partial charge in [-0.2, -0.15) is 21.6 Å². The number of benzene rings is 1. The molecule has 0 aromatic heterocycles. The fraction of sp³-hybridized carbons (Fsp3) is 0.500. The summed E-state index contributed by atoms with van der Waals surface area (Å²) in [4.78, 5) is 0.303. The Morgan fingerprint density at radius 2 is 1.77 bits per heavy atom. The molecule has 0 fully saturated rings. The molecule has 0 aliphatic rings. The van der Waals surface area contributed by atoms with E-state index in [4.69, 9.17) is 4.74 Å². The first-order valence-corrected chi connectivity index (χ1v) is 11.0. The van der Waals surface area contributed by atoms with E-state index in [1.54, 1.807) is 18.2 Å². The van der Waals surface area contributed by atoms with Crippen molar-refractivity contribution in [3.63, 3.8) is 0 Å². The van der Waals surface area contributed by atoms with Gasteiger partial charge in [-0.25, -0.2) is 3.63 Å². The molecular formula is C12H16BrF3O4S2. The van der Waals surface area contributed by atoms with Crippen molar-refractivity contribution in [3.8, 4) is 5.75 Å². The number of para-hydroxylation sites is 1. The van der Waals surface area contributed by atoms with Crippen molar-refractivity contribution in [2.24, 2.45) is 0 Å². The monoisotopic (exact) mass is 424 g/mol. The van der Waals surface area contributed by atoms with Crippen molar-refractivity contribution in [2.75, 3.05) is 24.4 Å². The van der Waals surface area contributed by atoms with Crippen molar-refractivity contribution in [2.45, 2.75) is 16.8 Å². The first kappa shape index (κ1) is 19.6. The largest absolute Gasteiger partial charge is 0.523 e. The maximum atomic E-state index is 12.5. The summed E-state index contributed by atoms with van der Waals surface area (Å²) in [6.07, 6.45) is 3.34. The zero-order valence-corrected chi connectivity index (χ0v) is 15.1. The van der Waals surface area contributed by atoms with E-state index in [1.807, 2.05) is 0 Å². The third-order valence-electron chi connectivity index (χ3n) is 2.46. The minimum absolute atomic E-state index is 0.303. The van der Waals surface area contributed by atoms with Crippen LogP contribution in [-0.2, 0) is 13.7 Å². The van der Waals surface area contributed by atoms with E-state index in [2.05, 4.69) is 19.6 Å². The zero-order chi connectivity index (χ0) is 17.0. The lowest BCUT2D eigenvalue weighted by Crippen LogP contribution is -2.26. The molecule has 10 heteroatoms. The molecule has 0 saturated heterocycles. The first-order chi connectivity index (χ1) is 10.0. The average Bonchev–Trinajstić information content (AvgIpc) is 2.37. The number of halogens is 4. The molecule has 0 N–H and O–H groups in total. The summed E-state index contributed by atoms with van der Waals surface area (Å²) in [5.41, 5.74) is -5.46. The van der Waals surface area contributed by atoms with Gasteiger partial charge in [0.15, 0.2) is 0 Å². The van der Waals surface area contributed by atoms with Gasteiger partial charge in [-0.15, -0.1) is 0 Å². The van der Waals surface area contributed by atoms with E-state index in [9.17, 15) is 21.6 Å². The number of hydrogen-bond acceptors (Lipinski definition) is 4. The van der Waals surface area contributed by atoms with Gasteiger partial charge in [-0.05, 0) is 31.1 Å². The van der Waals surface area contributed by atoms with E-state index in [1.165, 1.54) is 18.6 Å². The van der Waals surface area contributed by atoms with Crippen LogP contribution in [0.25, 0.3) is 0 Å². The van der Waals surface area contributed by atoms with Gasteiger partial charge in [0.05, 0.1) is 11.5 Å². The molecule has 0 aliphatic heterocycles. The van der Waals surface area contributed by atoms with Crippen LogP contribution < -0.4 is 4.74 Å². The third kappa shape index (κ3) is 5.04. The van der Waals surface area contributed by atoms with Gasteiger partial charge in [0.1, 0.15) is 5.75 Å². The lowest BCUT2D eigenvalue weighted by atomic mass is 10.3. The first-order valence-electron chi connectivity index (χ1n) is 6.05. The molecule has 0 bridgehead atoms. The molecule has 0 atom stereocenters. The Labute approximate surface area is 137 Å². The average molecular weight is 425 g/mol. The molecule has 0 heterocycles. The second-order valence-corrected chi connectivity index (χ2v) is 10.2. The predicted octanol–water partition coefficient (Wildman–Crippen LogP) is 4.05. The molecule has 128 valence electrons. The Hall–Kier alpha value is -0.450. The molecule has 0 unspecified atom stereocenters. The van der Waals surface area contributed by atoms with Gasteiger partial charge in [0.25, 0.3) is 0 Å². The van der Waals surface area contributed by atoms with E-state index in [-0.39, 0.29) is 0 Å². The van der Waals surface area contributed by atoms with Gasteiger partial charge in [0.2, 0.25) is 0 Å². The normalized spacial score (nSPS) is 13.9. The van der Waals surface area contributed by atoms with Gasteiger partial charge in [0, 0.05) is 5.33 Å². The van der Waals surface area contributed by atoms with Crippen molar-refractivity contribution in [3.05, 3.63) is 24.3 Å². The van der Waals surface area contributed by atoms with Crippen molar-refractivity contribution in [1.29, 1.82) is 0 Å². The van der Waals surface area contributed by atoms with E-state index in [0.717, 1.165) is 0 Å². The Balaban J connectivity index is 3.08. The second-order valence-electron chi connectivity index (χ2n) is 4.54. The summed E-state index contributed by atoms with van der Waals surface area (Å²) in [6, 6.07) is 6.32. The van der Waals surface area contributed by atoms with Crippen LogP contribution in [-0.4, -0.2) is 38.4 Å².